The number of amides is 1. The molecule has 74 valence electrons. The Balaban J connectivity index is 2.32. The Bertz CT molecular complexity index is 367. The van der Waals surface area contributed by atoms with E-state index in [9.17, 15) is 9.90 Å². The molecular weight excluding hydrogens is 246 g/mol. The van der Waals surface area contributed by atoms with E-state index in [0.717, 1.165) is 10.0 Å². The average molecular weight is 256 g/mol. The minimum Gasteiger partial charge on any atom is -0.390 e. The average Bonchev–Trinajstić information content (AvgIpc) is 2.46. The van der Waals surface area contributed by atoms with Gasteiger partial charge in [-0.05, 0) is 11.6 Å². The first-order valence-electron chi connectivity index (χ1n) is 4.40. The van der Waals surface area contributed by atoms with Crippen molar-refractivity contribution >= 4 is 21.8 Å². The van der Waals surface area contributed by atoms with Crippen molar-refractivity contribution in [1.82, 2.24) is 5.32 Å². The number of aliphatic hydroxyl groups is 1. The highest BCUT2D eigenvalue weighted by molar-refractivity contribution is 9.10. The fourth-order valence-electron chi connectivity index (χ4n) is 1.65. The summed E-state index contributed by atoms with van der Waals surface area (Å²) in [6.07, 6.45) is -0.437. The van der Waals surface area contributed by atoms with E-state index in [1.54, 1.807) is 0 Å². The molecule has 1 fully saturated rings. The number of halogens is 1. The number of hydrogen-bond acceptors (Lipinski definition) is 2. The van der Waals surface area contributed by atoms with Crippen molar-refractivity contribution in [1.29, 1.82) is 0 Å². The molecule has 0 aromatic heterocycles. The maximum Gasteiger partial charge on any atom is 0.223 e. The Hall–Kier alpha value is -0.870. The van der Waals surface area contributed by atoms with Gasteiger partial charge in [0, 0.05) is 4.47 Å². The van der Waals surface area contributed by atoms with Crippen LogP contribution in [0.25, 0.3) is 0 Å². The smallest absolute Gasteiger partial charge is 0.223 e. The van der Waals surface area contributed by atoms with Crippen molar-refractivity contribution in [2.24, 2.45) is 0 Å². The summed E-state index contributed by atoms with van der Waals surface area (Å²) in [7, 11) is 0. The van der Waals surface area contributed by atoms with Crippen LogP contribution >= 0.6 is 15.9 Å². The highest BCUT2D eigenvalue weighted by Gasteiger charge is 2.32. The van der Waals surface area contributed by atoms with Gasteiger partial charge in [-0.3, -0.25) is 4.79 Å². The highest BCUT2D eigenvalue weighted by atomic mass is 79.9. The van der Waals surface area contributed by atoms with E-state index in [0.29, 0.717) is 0 Å². The Labute approximate surface area is 90.3 Å². The zero-order chi connectivity index (χ0) is 10.1. The molecule has 2 rings (SSSR count). The molecule has 14 heavy (non-hydrogen) atoms. The molecule has 1 aromatic carbocycles. The van der Waals surface area contributed by atoms with E-state index in [4.69, 9.17) is 0 Å². The normalized spacial score (nSPS) is 26.3. The van der Waals surface area contributed by atoms with Crippen LogP contribution in [-0.2, 0) is 4.79 Å². The Morgan fingerprint density at radius 2 is 2.14 bits per heavy atom. The molecule has 0 bridgehead atoms. The summed E-state index contributed by atoms with van der Waals surface area (Å²) in [4.78, 5) is 11.1. The summed E-state index contributed by atoms with van der Waals surface area (Å²) < 4.78 is 0.909. The second kappa shape index (κ2) is 3.71. The van der Waals surface area contributed by atoms with Crippen LogP contribution in [0.2, 0.25) is 0 Å². The number of carbonyl (C=O) groups is 1. The molecule has 4 heteroatoms. The number of rotatable bonds is 1. The maximum atomic E-state index is 11.1. The van der Waals surface area contributed by atoms with Crippen LogP contribution in [-0.4, -0.2) is 17.1 Å². The first-order valence-corrected chi connectivity index (χ1v) is 5.19. The van der Waals surface area contributed by atoms with Crippen molar-refractivity contribution in [3.63, 3.8) is 0 Å². The van der Waals surface area contributed by atoms with Gasteiger partial charge in [0.2, 0.25) is 5.91 Å². The van der Waals surface area contributed by atoms with Crippen molar-refractivity contribution in [2.45, 2.75) is 18.6 Å². The molecule has 1 aromatic rings. The zero-order valence-corrected chi connectivity index (χ0v) is 8.99. The molecule has 2 unspecified atom stereocenters. The first-order chi connectivity index (χ1) is 6.68. The van der Waals surface area contributed by atoms with Gasteiger partial charge >= 0.3 is 0 Å². The molecule has 1 amide bonds. The zero-order valence-electron chi connectivity index (χ0n) is 7.40. The lowest BCUT2D eigenvalue weighted by molar-refractivity contribution is -0.119. The summed E-state index contributed by atoms with van der Waals surface area (Å²) in [5.74, 6) is -0.0988. The van der Waals surface area contributed by atoms with Gasteiger partial charge in [-0.2, -0.15) is 0 Å². The summed E-state index contributed by atoms with van der Waals surface area (Å²) in [6, 6.07) is 7.29. The molecule has 2 atom stereocenters. The van der Waals surface area contributed by atoms with Gasteiger partial charge in [0.05, 0.1) is 18.6 Å². The second-order valence-electron chi connectivity index (χ2n) is 3.34. The van der Waals surface area contributed by atoms with E-state index < -0.39 is 6.10 Å². The van der Waals surface area contributed by atoms with Gasteiger partial charge in [-0.15, -0.1) is 0 Å². The third kappa shape index (κ3) is 1.67. The number of carbonyl (C=O) groups excluding carboxylic acids is 1. The molecule has 1 aliphatic rings. The monoisotopic (exact) mass is 255 g/mol. The Kier molecular flexibility index (Phi) is 2.56. The third-order valence-corrected chi connectivity index (χ3v) is 3.06. The fourth-order valence-corrected chi connectivity index (χ4v) is 2.18. The molecular formula is C10H10BrNO2. The van der Waals surface area contributed by atoms with E-state index >= 15 is 0 Å². The van der Waals surface area contributed by atoms with Crippen LogP contribution < -0.4 is 5.32 Å². The number of aliphatic hydroxyl groups excluding tert-OH is 1. The molecule has 1 saturated heterocycles. The lowest BCUT2D eigenvalue weighted by atomic mass is 10.0. The third-order valence-electron chi connectivity index (χ3n) is 2.34. The van der Waals surface area contributed by atoms with Gasteiger partial charge in [0.15, 0.2) is 0 Å². The van der Waals surface area contributed by atoms with E-state index in [-0.39, 0.29) is 18.4 Å². The molecule has 0 radical (unpaired) electrons. The molecule has 0 aliphatic carbocycles. The van der Waals surface area contributed by atoms with Gasteiger partial charge in [-0.1, -0.05) is 34.1 Å². The van der Waals surface area contributed by atoms with Crippen molar-refractivity contribution in [3.05, 3.63) is 34.3 Å². The lowest BCUT2D eigenvalue weighted by Gasteiger charge is -2.15. The largest absolute Gasteiger partial charge is 0.390 e. The van der Waals surface area contributed by atoms with Crippen molar-refractivity contribution in [3.8, 4) is 0 Å². The Morgan fingerprint density at radius 1 is 1.43 bits per heavy atom. The van der Waals surface area contributed by atoms with Crippen LogP contribution in [0.3, 0.4) is 0 Å². The SMILES string of the molecule is O=C1CC(O)C(c2ccccc2Br)N1. The summed E-state index contributed by atoms with van der Waals surface area (Å²) in [5, 5.41) is 12.4. The van der Waals surface area contributed by atoms with Gasteiger partial charge in [0.25, 0.3) is 0 Å². The summed E-state index contributed by atoms with van der Waals surface area (Å²) >= 11 is 3.39. The fraction of sp³-hybridized carbons (Fsp3) is 0.300. The molecule has 1 heterocycles. The van der Waals surface area contributed by atoms with Crippen LogP contribution in [0.5, 0.6) is 0 Å². The van der Waals surface area contributed by atoms with Gasteiger partial charge in [0.1, 0.15) is 0 Å². The predicted octanol–water partition coefficient (Wildman–Crippen LogP) is 1.37. The molecule has 3 nitrogen and oxygen atoms in total. The topological polar surface area (TPSA) is 49.3 Å². The van der Waals surface area contributed by atoms with Crippen molar-refractivity contribution < 1.29 is 9.90 Å². The highest BCUT2D eigenvalue weighted by Crippen LogP contribution is 2.29. The summed E-state index contributed by atoms with van der Waals surface area (Å²) in [6.45, 7) is 0. The van der Waals surface area contributed by atoms with Crippen LogP contribution in [0.1, 0.15) is 18.0 Å². The summed E-state index contributed by atoms with van der Waals surface area (Å²) in [5.41, 5.74) is 0.922. The van der Waals surface area contributed by atoms with Crippen LogP contribution in [0.15, 0.2) is 28.7 Å². The molecule has 1 aliphatic heterocycles. The molecule has 2 N–H and O–H groups in total. The van der Waals surface area contributed by atoms with Gasteiger partial charge < -0.3 is 10.4 Å². The van der Waals surface area contributed by atoms with Crippen LogP contribution in [0, 0.1) is 0 Å². The minimum absolute atomic E-state index is 0.0988. The number of hydrogen-bond donors (Lipinski definition) is 2. The molecule has 0 spiro atoms. The van der Waals surface area contributed by atoms with Crippen molar-refractivity contribution in [2.75, 3.05) is 0 Å². The standard InChI is InChI=1S/C10H10BrNO2/c11-7-4-2-1-3-6(7)10-8(13)5-9(14)12-10/h1-4,8,10,13H,5H2,(H,12,14). The first kappa shape index (κ1) is 9.68. The quantitative estimate of drug-likeness (QED) is 0.797. The van der Waals surface area contributed by atoms with E-state index in [1.807, 2.05) is 24.3 Å². The number of benzene rings is 1. The van der Waals surface area contributed by atoms with Crippen LogP contribution in [0.4, 0.5) is 0 Å². The molecule has 0 saturated carbocycles. The minimum atomic E-state index is -0.624. The number of nitrogens with one attached hydrogen (secondary N) is 1. The second-order valence-corrected chi connectivity index (χ2v) is 4.19. The van der Waals surface area contributed by atoms with Gasteiger partial charge in [-0.25, -0.2) is 0 Å². The lowest BCUT2D eigenvalue weighted by Crippen LogP contribution is -2.23. The maximum absolute atomic E-state index is 11.1. The van der Waals surface area contributed by atoms with E-state index in [1.165, 1.54) is 0 Å². The van der Waals surface area contributed by atoms with E-state index in [2.05, 4.69) is 21.2 Å². The Morgan fingerprint density at radius 3 is 2.71 bits per heavy atom. The predicted molar refractivity (Wildman–Crippen MR) is 55.6 cm³/mol.